The summed E-state index contributed by atoms with van der Waals surface area (Å²) < 4.78 is 5.72. The average Bonchev–Trinajstić information content (AvgIpc) is 3.01. The quantitative estimate of drug-likeness (QED) is 0.896. The highest BCUT2D eigenvalue weighted by molar-refractivity contribution is 5.25. The molecule has 1 N–H and O–H groups in total. The van der Waals surface area contributed by atoms with E-state index < -0.39 is 0 Å². The Balaban J connectivity index is 1.50. The van der Waals surface area contributed by atoms with Gasteiger partial charge < -0.3 is 15.0 Å². The van der Waals surface area contributed by atoms with E-state index in [9.17, 15) is 0 Å². The number of benzene rings is 1. The third-order valence-corrected chi connectivity index (χ3v) is 4.21. The van der Waals surface area contributed by atoms with Gasteiger partial charge in [0.25, 0.3) is 0 Å². The van der Waals surface area contributed by atoms with Gasteiger partial charge in [-0.05, 0) is 30.4 Å². The minimum absolute atomic E-state index is 0.349. The van der Waals surface area contributed by atoms with Gasteiger partial charge in [-0.2, -0.15) is 0 Å². The molecule has 2 fully saturated rings. The summed E-state index contributed by atoms with van der Waals surface area (Å²) in [6.45, 7) is 6.76. The van der Waals surface area contributed by atoms with Gasteiger partial charge in [0.05, 0.1) is 6.10 Å². The van der Waals surface area contributed by atoms with Crippen molar-refractivity contribution in [2.75, 3.05) is 39.3 Å². The minimum atomic E-state index is 0.349. The lowest BCUT2D eigenvalue weighted by molar-refractivity contribution is 0.112. The molecule has 3 rings (SSSR count). The number of hydrogen-bond donors (Lipinski definition) is 1. The van der Waals surface area contributed by atoms with Crippen LogP contribution in [0.5, 0.6) is 0 Å². The van der Waals surface area contributed by atoms with Crippen LogP contribution in [0.1, 0.15) is 30.1 Å². The molecule has 3 heteroatoms. The predicted molar refractivity (Wildman–Crippen MR) is 77.4 cm³/mol. The van der Waals surface area contributed by atoms with E-state index in [2.05, 4.69) is 34.5 Å². The second kappa shape index (κ2) is 6.51. The fourth-order valence-corrected chi connectivity index (χ4v) is 2.96. The lowest BCUT2D eigenvalue weighted by Gasteiger charge is -2.27. The Morgan fingerprint density at radius 3 is 2.63 bits per heavy atom. The molecule has 19 heavy (non-hydrogen) atoms. The normalized spacial score (nSPS) is 24.7. The van der Waals surface area contributed by atoms with E-state index in [0.29, 0.717) is 6.10 Å². The Morgan fingerprint density at radius 2 is 1.95 bits per heavy atom. The first-order chi connectivity index (χ1) is 9.42. The van der Waals surface area contributed by atoms with Crippen LogP contribution in [-0.2, 0) is 11.2 Å². The number of nitrogens with one attached hydrogen (secondary N) is 1. The van der Waals surface area contributed by atoms with E-state index in [1.807, 2.05) is 0 Å². The van der Waals surface area contributed by atoms with Crippen molar-refractivity contribution < 1.29 is 4.74 Å². The van der Waals surface area contributed by atoms with Gasteiger partial charge in [0.1, 0.15) is 0 Å². The van der Waals surface area contributed by atoms with Crippen LogP contribution in [0.15, 0.2) is 24.3 Å². The molecule has 0 spiro atoms. The Bertz CT molecular complexity index is 378. The molecule has 2 aliphatic rings. The van der Waals surface area contributed by atoms with E-state index in [-0.39, 0.29) is 0 Å². The third-order valence-electron chi connectivity index (χ3n) is 4.21. The number of nitrogens with zero attached hydrogens (tertiary/aromatic N) is 1. The molecule has 3 nitrogen and oxygen atoms in total. The van der Waals surface area contributed by atoms with Crippen LogP contribution < -0.4 is 5.32 Å². The number of hydrogen-bond acceptors (Lipinski definition) is 3. The predicted octanol–water partition coefficient (Wildman–Crippen LogP) is 1.99. The SMILES string of the molecule is c1cc(C2CCCO2)ccc1CCN1CCNCC1. The lowest BCUT2D eigenvalue weighted by atomic mass is 10.0. The molecule has 1 aromatic rings. The lowest BCUT2D eigenvalue weighted by Crippen LogP contribution is -2.44. The molecule has 0 radical (unpaired) electrons. The zero-order valence-electron chi connectivity index (χ0n) is 11.6. The summed E-state index contributed by atoms with van der Waals surface area (Å²) in [7, 11) is 0. The van der Waals surface area contributed by atoms with Gasteiger partial charge in [-0.25, -0.2) is 0 Å². The molecule has 2 heterocycles. The molecule has 0 saturated carbocycles. The van der Waals surface area contributed by atoms with Crippen LogP contribution in [0.3, 0.4) is 0 Å². The second-order valence-corrected chi connectivity index (χ2v) is 5.58. The Morgan fingerprint density at radius 1 is 1.16 bits per heavy atom. The van der Waals surface area contributed by atoms with Gasteiger partial charge in [-0.15, -0.1) is 0 Å². The summed E-state index contributed by atoms with van der Waals surface area (Å²) in [4.78, 5) is 2.55. The van der Waals surface area contributed by atoms with Crippen molar-refractivity contribution >= 4 is 0 Å². The molecule has 1 unspecified atom stereocenters. The topological polar surface area (TPSA) is 24.5 Å². The largest absolute Gasteiger partial charge is 0.374 e. The van der Waals surface area contributed by atoms with Crippen LogP contribution in [0, 0.1) is 0 Å². The van der Waals surface area contributed by atoms with Crippen LogP contribution in [-0.4, -0.2) is 44.2 Å². The standard InChI is InChI=1S/C16H24N2O/c1-2-16(19-13-1)15-5-3-14(4-6-15)7-10-18-11-8-17-9-12-18/h3-6,16-17H,1-2,7-13H2. The maximum atomic E-state index is 5.72. The minimum Gasteiger partial charge on any atom is -0.374 e. The average molecular weight is 260 g/mol. The number of piperazine rings is 1. The highest BCUT2D eigenvalue weighted by Crippen LogP contribution is 2.28. The van der Waals surface area contributed by atoms with E-state index in [4.69, 9.17) is 4.74 Å². The summed E-state index contributed by atoms with van der Waals surface area (Å²) >= 11 is 0. The van der Waals surface area contributed by atoms with E-state index in [1.54, 1.807) is 0 Å². The fourth-order valence-electron chi connectivity index (χ4n) is 2.96. The highest BCUT2D eigenvalue weighted by Gasteiger charge is 2.17. The van der Waals surface area contributed by atoms with Gasteiger partial charge in [0.15, 0.2) is 0 Å². The maximum Gasteiger partial charge on any atom is 0.0825 e. The van der Waals surface area contributed by atoms with Crippen molar-refractivity contribution in [3.63, 3.8) is 0 Å². The van der Waals surface area contributed by atoms with Crippen molar-refractivity contribution in [2.24, 2.45) is 0 Å². The van der Waals surface area contributed by atoms with Crippen molar-refractivity contribution in [1.29, 1.82) is 0 Å². The molecule has 0 aromatic heterocycles. The van der Waals surface area contributed by atoms with Crippen molar-refractivity contribution in [3.05, 3.63) is 35.4 Å². The first-order valence-corrected chi connectivity index (χ1v) is 7.55. The summed E-state index contributed by atoms with van der Waals surface area (Å²) in [6.07, 6.45) is 3.89. The van der Waals surface area contributed by atoms with Gasteiger partial charge in [0.2, 0.25) is 0 Å². The highest BCUT2D eigenvalue weighted by atomic mass is 16.5. The summed E-state index contributed by atoms with van der Waals surface area (Å²) in [5, 5.41) is 3.40. The molecule has 0 bridgehead atoms. The molecular weight excluding hydrogens is 236 g/mol. The van der Waals surface area contributed by atoms with Gasteiger partial charge >= 0.3 is 0 Å². The second-order valence-electron chi connectivity index (χ2n) is 5.58. The Hall–Kier alpha value is -0.900. The Labute approximate surface area is 115 Å². The molecule has 104 valence electrons. The Kier molecular flexibility index (Phi) is 4.49. The maximum absolute atomic E-state index is 5.72. The van der Waals surface area contributed by atoms with E-state index in [0.717, 1.165) is 26.1 Å². The summed E-state index contributed by atoms with van der Waals surface area (Å²) in [5.74, 6) is 0. The van der Waals surface area contributed by atoms with E-state index in [1.165, 1.54) is 43.6 Å². The molecule has 2 aliphatic heterocycles. The zero-order chi connectivity index (χ0) is 12.9. The smallest absolute Gasteiger partial charge is 0.0825 e. The molecule has 1 atom stereocenters. The van der Waals surface area contributed by atoms with Crippen molar-refractivity contribution in [3.8, 4) is 0 Å². The number of rotatable bonds is 4. The van der Waals surface area contributed by atoms with Crippen LogP contribution in [0.2, 0.25) is 0 Å². The molecule has 2 saturated heterocycles. The summed E-state index contributed by atoms with van der Waals surface area (Å²) in [5.41, 5.74) is 2.80. The molecule has 0 aliphatic carbocycles. The fraction of sp³-hybridized carbons (Fsp3) is 0.625. The van der Waals surface area contributed by atoms with Gasteiger partial charge in [-0.3, -0.25) is 0 Å². The number of ether oxygens (including phenoxy) is 1. The van der Waals surface area contributed by atoms with Crippen LogP contribution in [0.4, 0.5) is 0 Å². The summed E-state index contributed by atoms with van der Waals surface area (Å²) in [6, 6.07) is 9.06. The third kappa shape index (κ3) is 3.56. The monoisotopic (exact) mass is 260 g/mol. The molecule has 0 amide bonds. The first kappa shape index (κ1) is 13.1. The van der Waals surface area contributed by atoms with E-state index >= 15 is 0 Å². The van der Waals surface area contributed by atoms with Crippen LogP contribution >= 0.6 is 0 Å². The van der Waals surface area contributed by atoms with Gasteiger partial charge in [-0.1, -0.05) is 24.3 Å². The first-order valence-electron chi connectivity index (χ1n) is 7.55. The molecule has 1 aromatic carbocycles. The van der Waals surface area contributed by atoms with Crippen molar-refractivity contribution in [2.45, 2.75) is 25.4 Å². The van der Waals surface area contributed by atoms with Gasteiger partial charge in [0, 0.05) is 39.3 Å². The van der Waals surface area contributed by atoms with Crippen LogP contribution in [0.25, 0.3) is 0 Å². The molecular formula is C16H24N2O. The van der Waals surface area contributed by atoms with Crippen molar-refractivity contribution in [1.82, 2.24) is 10.2 Å². The zero-order valence-corrected chi connectivity index (χ0v) is 11.6.